The number of nitrogens with zero attached hydrogens (tertiary/aromatic N) is 2. The number of carbonyl (C=O) groups is 2. The summed E-state index contributed by atoms with van der Waals surface area (Å²) in [5.41, 5.74) is 0.918. The number of amides is 2. The lowest BCUT2D eigenvalue weighted by Gasteiger charge is -2.33. The molecule has 36 heavy (non-hydrogen) atoms. The van der Waals surface area contributed by atoms with Gasteiger partial charge in [-0.3, -0.25) is 13.9 Å². The highest BCUT2D eigenvalue weighted by molar-refractivity contribution is 7.92. The Bertz CT molecular complexity index is 1130. The number of anilines is 1. The van der Waals surface area contributed by atoms with Crippen LogP contribution < -0.4 is 14.4 Å². The normalized spacial score (nSPS) is 12.0. The maximum atomic E-state index is 13.7. The Balaban J connectivity index is 2.46. The molecule has 0 aliphatic rings. The lowest BCUT2D eigenvalue weighted by atomic mass is 10.1. The summed E-state index contributed by atoms with van der Waals surface area (Å²) < 4.78 is 32.2. The summed E-state index contributed by atoms with van der Waals surface area (Å²) in [6, 6.07) is 12.9. The fourth-order valence-corrected chi connectivity index (χ4v) is 4.82. The van der Waals surface area contributed by atoms with Crippen LogP contribution in [0, 0.1) is 0 Å². The van der Waals surface area contributed by atoms with Crippen molar-refractivity contribution in [2.45, 2.75) is 52.6 Å². The number of hydrogen-bond donors (Lipinski definition) is 1. The molecule has 0 aliphatic carbocycles. The van der Waals surface area contributed by atoms with Gasteiger partial charge in [0.25, 0.3) is 0 Å². The second kappa shape index (κ2) is 14.1. The van der Waals surface area contributed by atoms with Crippen LogP contribution in [0.25, 0.3) is 0 Å². The van der Waals surface area contributed by atoms with Gasteiger partial charge >= 0.3 is 0 Å². The molecule has 0 bridgehead atoms. The Morgan fingerprint density at radius 2 is 1.72 bits per heavy atom. The number of benzene rings is 2. The molecule has 2 aromatic carbocycles. The fraction of sp³-hybridized carbons (Fsp3) is 0.462. The van der Waals surface area contributed by atoms with E-state index in [0.29, 0.717) is 35.9 Å². The average Bonchev–Trinajstić information content (AvgIpc) is 2.83. The molecule has 2 aromatic rings. The summed E-state index contributed by atoms with van der Waals surface area (Å²) >= 11 is 6.37. The second-order valence-corrected chi connectivity index (χ2v) is 10.7. The molecule has 2 rings (SSSR count). The van der Waals surface area contributed by atoms with Crippen LogP contribution in [0.1, 0.15) is 45.6 Å². The van der Waals surface area contributed by atoms with E-state index in [9.17, 15) is 18.0 Å². The van der Waals surface area contributed by atoms with Gasteiger partial charge in [-0.25, -0.2) is 8.42 Å². The molecule has 0 radical (unpaired) electrons. The smallest absolute Gasteiger partial charge is 0.244 e. The minimum absolute atomic E-state index is 0.0585. The highest BCUT2D eigenvalue weighted by Gasteiger charge is 2.32. The Labute approximate surface area is 219 Å². The number of nitrogens with one attached hydrogen (secondary N) is 1. The molecule has 0 aliphatic heterocycles. The maximum Gasteiger partial charge on any atom is 0.244 e. The van der Waals surface area contributed by atoms with E-state index >= 15 is 0 Å². The zero-order valence-corrected chi connectivity index (χ0v) is 22.9. The Kier molecular flexibility index (Phi) is 11.5. The van der Waals surface area contributed by atoms with Gasteiger partial charge in [0.2, 0.25) is 21.8 Å². The van der Waals surface area contributed by atoms with E-state index in [1.807, 2.05) is 13.8 Å². The topological polar surface area (TPSA) is 96.0 Å². The molecule has 1 unspecified atom stereocenters. The summed E-state index contributed by atoms with van der Waals surface area (Å²) in [5.74, 6) is -0.462. The zero-order chi connectivity index (χ0) is 26.7. The van der Waals surface area contributed by atoms with Crippen molar-refractivity contribution < 1.29 is 22.7 Å². The Hall–Kier alpha value is -2.78. The monoisotopic (exact) mass is 537 g/mol. The summed E-state index contributed by atoms with van der Waals surface area (Å²) in [4.78, 5) is 28.2. The number of unbranched alkanes of at least 4 members (excludes halogenated alkanes) is 1. The van der Waals surface area contributed by atoms with Crippen LogP contribution >= 0.6 is 11.6 Å². The maximum absolute atomic E-state index is 13.7. The molecule has 10 heteroatoms. The minimum atomic E-state index is -3.86. The first-order valence-corrected chi connectivity index (χ1v) is 14.4. The lowest BCUT2D eigenvalue weighted by Crippen LogP contribution is -2.52. The van der Waals surface area contributed by atoms with Crippen LogP contribution in [0.3, 0.4) is 0 Å². The summed E-state index contributed by atoms with van der Waals surface area (Å²) in [7, 11) is -3.86. The first-order valence-electron chi connectivity index (χ1n) is 12.1. The van der Waals surface area contributed by atoms with Crippen LogP contribution in [0.4, 0.5) is 5.69 Å². The largest absolute Gasteiger partial charge is 0.492 e. The molecule has 0 saturated heterocycles. The third-order valence-corrected chi connectivity index (χ3v) is 7.12. The van der Waals surface area contributed by atoms with Gasteiger partial charge in [0.05, 0.1) is 18.6 Å². The first kappa shape index (κ1) is 29.5. The van der Waals surface area contributed by atoms with Gasteiger partial charge in [-0.2, -0.15) is 0 Å². The van der Waals surface area contributed by atoms with E-state index in [1.165, 1.54) is 4.90 Å². The molecule has 2 amide bonds. The van der Waals surface area contributed by atoms with Gasteiger partial charge in [-0.1, -0.05) is 62.2 Å². The number of sulfonamides is 1. The Morgan fingerprint density at radius 3 is 2.33 bits per heavy atom. The third kappa shape index (κ3) is 8.13. The van der Waals surface area contributed by atoms with Crippen molar-refractivity contribution in [3.8, 4) is 5.75 Å². The highest BCUT2D eigenvalue weighted by Crippen LogP contribution is 2.30. The molecule has 1 atom stereocenters. The predicted octanol–water partition coefficient (Wildman–Crippen LogP) is 4.23. The Morgan fingerprint density at radius 1 is 1.06 bits per heavy atom. The van der Waals surface area contributed by atoms with Crippen LogP contribution in [-0.4, -0.2) is 57.1 Å². The molecular weight excluding hydrogens is 502 g/mol. The average molecular weight is 538 g/mol. The summed E-state index contributed by atoms with van der Waals surface area (Å²) in [5, 5.41) is 3.35. The number of ether oxygens (including phenoxy) is 1. The van der Waals surface area contributed by atoms with Crippen molar-refractivity contribution in [2.75, 3.05) is 30.3 Å². The van der Waals surface area contributed by atoms with Crippen LogP contribution in [0.2, 0.25) is 5.02 Å². The number of carbonyl (C=O) groups excluding carboxylic acids is 2. The predicted molar refractivity (Wildman–Crippen MR) is 144 cm³/mol. The van der Waals surface area contributed by atoms with Crippen molar-refractivity contribution in [3.63, 3.8) is 0 Å². The van der Waals surface area contributed by atoms with Crippen molar-refractivity contribution >= 4 is 39.1 Å². The van der Waals surface area contributed by atoms with Gasteiger partial charge in [0.1, 0.15) is 18.3 Å². The van der Waals surface area contributed by atoms with Gasteiger partial charge in [0, 0.05) is 18.1 Å². The molecule has 0 saturated carbocycles. The molecule has 0 heterocycles. The van der Waals surface area contributed by atoms with Gasteiger partial charge in [-0.15, -0.1) is 0 Å². The van der Waals surface area contributed by atoms with E-state index in [0.717, 1.165) is 23.4 Å². The number of hydrogen-bond acceptors (Lipinski definition) is 5. The summed E-state index contributed by atoms with van der Waals surface area (Å²) in [6.07, 6.45) is 3.12. The van der Waals surface area contributed by atoms with Crippen molar-refractivity contribution in [1.29, 1.82) is 0 Å². The third-order valence-electron chi connectivity index (χ3n) is 5.63. The summed E-state index contributed by atoms with van der Waals surface area (Å²) in [6.45, 7) is 6.02. The fourth-order valence-electron chi connectivity index (χ4n) is 3.77. The molecule has 8 nitrogen and oxygen atoms in total. The SMILES string of the molecule is CCCCNC(=O)C(CC)N(Cc1ccccc1Cl)C(=O)CN(c1ccccc1OCC)S(C)(=O)=O. The van der Waals surface area contributed by atoms with Crippen molar-refractivity contribution in [1.82, 2.24) is 10.2 Å². The first-order chi connectivity index (χ1) is 17.1. The minimum Gasteiger partial charge on any atom is -0.492 e. The van der Waals surface area contributed by atoms with E-state index in [1.54, 1.807) is 55.5 Å². The number of para-hydroxylation sites is 2. The number of halogens is 1. The van der Waals surface area contributed by atoms with Gasteiger partial charge in [0.15, 0.2) is 0 Å². The van der Waals surface area contributed by atoms with Crippen LogP contribution in [0.5, 0.6) is 5.75 Å². The molecule has 0 aromatic heterocycles. The highest BCUT2D eigenvalue weighted by atomic mass is 35.5. The molecule has 1 N–H and O–H groups in total. The van der Waals surface area contributed by atoms with E-state index in [2.05, 4.69) is 5.32 Å². The molecule has 0 spiro atoms. The van der Waals surface area contributed by atoms with E-state index in [4.69, 9.17) is 16.3 Å². The van der Waals surface area contributed by atoms with Crippen molar-refractivity contribution in [2.24, 2.45) is 0 Å². The quantitative estimate of drug-likeness (QED) is 0.364. The number of rotatable bonds is 14. The second-order valence-electron chi connectivity index (χ2n) is 8.35. The standard InChI is InChI=1S/C26H36ClN3O5S/c1-5-8-17-28-26(32)22(6-2)29(18-20-13-9-10-14-21(20)27)25(31)19-30(36(4,33)34)23-15-11-12-16-24(23)35-7-3/h9-16,22H,5-8,17-19H2,1-4H3,(H,28,32). The zero-order valence-electron chi connectivity index (χ0n) is 21.4. The molecule has 0 fully saturated rings. The van der Waals surface area contributed by atoms with Gasteiger partial charge in [-0.05, 0) is 43.5 Å². The van der Waals surface area contributed by atoms with Gasteiger partial charge < -0.3 is 15.0 Å². The lowest BCUT2D eigenvalue weighted by molar-refractivity contribution is -0.140. The molecular formula is C26H36ClN3O5S. The van der Waals surface area contributed by atoms with Crippen LogP contribution in [-0.2, 0) is 26.2 Å². The molecule has 198 valence electrons. The van der Waals surface area contributed by atoms with E-state index in [-0.39, 0.29) is 18.1 Å². The van der Waals surface area contributed by atoms with Crippen molar-refractivity contribution in [3.05, 3.63) is 59.1 Å². The van der Waals surface area contributed by atoms with E-state index < -0.39 is 28.5 Å². The van der Waals surface area contributed by atoms with Crippen LogP contribution in [0.15, 0.2) is 48.5 Å².